The van der Waals surface area contributed by atoms with E-state index < -0.39 is 5.79 Å². The van der Waals surface area contributed by atoms with Crippen molar-refractivity contribution in [1.29, 1.82) is 0 Å². The summed E-state index contributed by atoms with van der Waals surface area (Å²) in [6.07, 6.45) is 2.27. The Bertz CT molecular complexity index is 771. The highest BCUT2D eigenvalue weighted by atomic mass is 16.7. The second-order valence-electron chi connectivity index (χ2n) is 6.77. The zero-order valence-corrected chi connectivity index (χ0v) is 16.1. The van der Waals surface area contributed by atoms with Crippen molar-refractivity contribution in [3.63, 3.8) is 0 Å². The fraction of sp³-hybridized carbons (Fsp3) is 0.348. The number of benzene rings is 2. The number of hydrogen-bond donors (Lipinski definition) is 0. The lowest BCUT2D eigenvalue weighted by molar-refractivity contribution is -0.167. The first-order valence-electron chi connectivity index (χ1n) is 9.43. The van der Waals surface area contributed by atoms with E-state index in [0.29, 0.717) is 38.4 Å². The maximum atomic E-state index is 12.0. The Kier molecular flexibility index (Phi) is 6.98. The first-order chi connectivity index (χ1) is 13.6. The van der Waals surface area contributed by atoms with Gasteiger partial charge < -0.3 is 18.9 Å². The zero-order valence-electron chi connectivity index (χ0n) is 16.1. The van der Waals surface area contributed by atoms with Crippen LogP contribution in [0.25, 0.3) is 0 Å². The predicted molar refractivity (Wildman–Crippen MR) is 106 cm³/mol. The van der Waals surface area contributed by atoms with Crippen LogP contribution in [0.15, 0.2) is 67.3 Å². The van der Waals surface area contributed by atoms with Gasteiger partial charge in [0.1, 0.15) is 6.10 Å². The van der Waals surface area contributed by atoms with Crippen LogP contribution in [0.5, 0.6) is 0 Å². The Labute approximate surface area is 165 Å². The van der Waals surface area contributed by atoms with E-state index in [9.17, 15) is 4.79 Å². The number of carbonyl (C=O) groups is 1. The van der Waals surface area contributed by atoms with Gasteiger partial charge in [-0.3, -0.25) is 0 Å². The van der Waals surface area contributed by atoms with Gasteiger partial charge in [-0.1, -0.05) is 48.5 Å². The summed E-state index contributed by atoms with van der Waals surface area (Å²) >= 11 is 0. The molecule has 0 aromatic heterocycles. The molecule has 3 rings (SSSR count). The van der Waals surface area contributed by atoms with Crippen molar-refractivity contribution in [2.75, 3.05) is 26.4 Å². The third-order valence-electron chi connectivity index (χ3n) is 4.59. The molecule has 1 saturated heterocycles. The molecular formula is C23H26O5. The van der Waals surface area contributed by atoms with Crippen LogP contribution in [0.3, 0.4) is 0 Å². The Morgan fingerprint density at radius 1 is 1.21 bits per heavy atom. The predicted octanol–water partition coefficient (Wildman–Crippen LogP) is 3.88. The van der Waals surface area contributed by atoms with Gasteiger partial charge in [-0.15, -0.1) is 6.58 Å². The molecule has 0 amide bonds. The number of ether oxygens (including phenoxy) is 4. The van der Waals surface area contributed by atoms with Crippen molar-refractivity contribution >= 4 is 5.97 Å². The van der Waals surface area contributed by atoms with E-state index in [1.54, 1.807) is 18.2 Å². The van der Waals surface area contributed by atoms with Crippen LogP contribution in [0.2, 0.25) is 0 Å². The summed E-state index contributed by atoms with van der Waals surface area (Å²) in [6, 6.07) is 17.0. The van der Waals surface area contributed by atoms with Gasteiger partial charge in [-0.2, -0.15) is 0 Å². The van der Waals surface area contributed by atoms with Crippen LogP contribution in [0, 0.1) is 0 Å². The SMILES string of the molecule is C=CCOCC1COC(C)(c2ccc(CCOC(=O)c3ccccc3)cc2)O1. The van der Waals surface area contributed by atoms with Crippen molar-refractivity contribution in [3.05, 3.63) is 83.9 Å². The van der Waals surface area contributed by atoms with Crippen LogP contribution < -0.4 is 0 Å². The van der Waals surface area contributed by atoms with E-state index in [1.807, 2.05) is 49.4 Å². The molecule has 0 bridgehead atoms. The van der Waals surface area contributed by atoms with Crippen LogP contribution in [0.4, 0.5) is 0 Å². The summed E-state index contributed by atoms with van der Waals surface area (Å²) in [6.45, 7) is 7.35. The van der Waals surface area contributed by atoms with E-state index in [-0.39, 0.29) is 12.1 Å². The van der Waals surface area contributed by atoms with Gasteiger partial charge in [-0.05, 0) is 24.6 Å². The molecule has 5 nitrogen and oxygen atoms in total. The van der Waals surface area contributed by atoms with Crippen molar-refractivity contribution < 1.29 is 23.7 Å². The summed E-state index contributed by atoms with van der Waals surface area (Å²) in [5.41, 5.74) is 2.59. The van der Waals surface area contributed by atoms with Crippen molar-refractivity contribution in [2.45, 2.75) is 25.2 Å². The Morgan fingerprint density at radius 3 is 2.68 bits per heavy atom. The second kappa shape index (κ2) is 9.64. The Balaban J connectivity index is 1.48. The van der Waals surface area contributed by atoms with Gasteiger partial charge in [0, 0.05) is 12.0 Å². The molecule has 5 heteroatoms. The first kappa shape index (κ1) is 20.3. The molecule has 148 valence electrons. The fourth-order valence-electron chi connectivity index (χ4n) is 3.05. The largest absolute Gasteiger partial charge is 0.462 e. The number of esters is 1. The van der Waals surface area contributed by atoms with Crippen LogP contribution in [0.1, 0.15) is 28.4 Å². The molecule has 2 atom stereocenters. The van der Waals surface area contributed by atoms with E-state index in [0.717, 1.165) is 11.1 Å². The molecule has 0 N–H and O–H groups in total. The molecule has 2 unspecified atom stereocenters. The summed E-state index contributed by atoms with van der Waals surface area (Å²) in [5.74, 6) is -1.08. The molecular weight excluding hydrogens is 356 g/mol. The highest BCUT2D eigenvalue weighted by Gasteiger charge is 2.38. The van der Waals surface area contributed by atoms with E-state index >= 15 is 0 Å². The van der Waals surface area contributed by atoms with Gasteiger partial charge in [0.15, 0.2) is 5.79 Å². The van der Waals surface area contributed by atoms with Crippen LogP contribution in [-0.4, -0.2) is 38.5 Å². The van der Waals surface area contributed by atoms with E-state index in [1.165, 1.54) is 0 Å². The van der Waals surface area contributed by atoms with Crippen molar-refractivity contribution in [2.24, 2.45) is 0 Å². The summed E-state index contributed by atoms with van der Waals surface area (Å²) < 4.78 is 22.7. The highest BCUT2D eigenvalue weighted by molar-refractivity contribution is 5.89. The number of hydrogen-bond acceptors (Lipinski definition) is 5. The minimum atomic E-state index is -0.777. The summed E-state index contributed by atoms with van der Waals surface area (Å²) in [7, 11) is 0. The topological polar surface area (TPSA) is 54.0 Å². The van der Waals surface area contributed by atoms with E-state index in [2.05, 4.69) is 6.58 Å². The molecule has 28 heavy (non-hydrogen) atoms. The highest BCUT2D eigenvalue weighted by Crippen LogP contribution is 2.34. The smallest absolute Gasteiger partial charge is 0.338 e. The molecule has 2 aromatic rings. The Hall–Kier alpha value is -2.47. The molecule has 1 fully saturated rings. The Morgan fingerprint density at radius 2 is 1.96 bits per heavy atom. The maximum absolute atomic E-state index is 12.0. The molecule has 2 aromatic carbocycles. The molecule has 0 aliphatic carbocycles. The summed E-state index contributed by atoms with van der Waals surface area (Å²) in [5, 5.41) is 0. The molecule has 1 aliphatic heterocycles. The minimum absolute atomic E-state index is 0.0953. The van der Waals surface area contributed by atoms with Gasteiger partial charge in [0.25, 0.3) is 0 Å². The molecule has 1 aliphatic rings. The van der Waals surface area contributed by atoms with Gasteiger partial charge in [0.2, 0.25) is 0 Å². The number of rotatable bonds is 9. The monoisotopic (exact) mass is 382 g/mol. The number of carbonyl (C=O) groups excluding carboxylic acids is 1. The zero-order chi connectivity index (χ0) is 19.8. The van der Waals surface area contributed by atoms with Crippen molar-refractivity contribution in [1.82, 2.24) is 0 Å². The van der Waals surface area contributed by atoms with E-state index in [4.69, 9.17) is 18.9 Å². The molecule has 0 radical (unpaired) electrons. The minimum Gasteiger partial charge on any atom is -0.462 e. The second-order valence-corrected chi connectivity index (χ2v) is 6.77. The third-order valence-corrected chi connectivity index (χ3v) is 4.59. The summed E-state index contributed by atoms with van der Waals surface area (Å²) in [4.78, 5) is 12.0. The van der Waals surface area contributed by atoms with Gasteiger partial charge in [-0.25, -0.2) is 4.79 Å². The van der Waals surface area contributed by atoms with Gasteiger partial charge >= 0.3 is 5.97 Å². The average Bonchev–Trinajstić information content (AvgIpc) is 3.11. The van der Waals surface area contributed by atoms with Gasteiger partial charge in [0.05, 0.1) is 32.0 Å². The standard InChI is InChI=1S/C23H26O5/c1-3-14-25-16-21-17-27-23(2,28-21)20-11-9-18(10-12-20)13-15-26-22(24)19-7-5-4-6-8-19/h3-12,21H,1,13-17H2,2H3. The lowest BCUT2D eigenvalue weighted by Gasteiger charge is -2.24. The average molecular weight is 382 g/mol. The third kappa shape index (κ3) is 5.29. The lowest BCUT2D eigenvalue weighted by Crippen LogP contribution is -2.25. The normalized spacial score (nSPS) is 21.4. The molecule has 0 spiro atoms. The quantitative estimate of drug-likeness (QED) is 0.374. The first-order valence-corrected chi connectivity index (χ1v) is 9.43. The maximum Gasteiger partial charge on any atom is 0.338 e. The van der Waals surface area contributed by atoms with Crippen molar-refractivity contribution in [3.8, 4) is 0 Å². The van der Waals surface area contributed by atoms with Crippen LogP contribution in [-0.2, 0) is 31.2 Å². The lowest BCUT2D eigenvalue weighted by atomic mass is 10.0. The molecule has 1 heterocycles. The van der Waals surface area contributed by atoms with Crippen LogP contribution >= 0.6 is 0 Å². The molecule has 0 saturated carbocycles. The fourth-order valence-corrected chi connectivity index (χ4v) is 3.05.